The number of hydrogen-bond acceptors (Lipinski definition) is 3. The summed E-state index contributed by atoms with van der Waals surface area (Å²) in [4.78, 5) is 11.9. The van der Waals surface area contributed by atoms with E-state index in [-0.39, 0.29) is 18.3 Å². The Morgan fingerprint density at radius 1 is 0.958 bits per heavy atom. The Kier molecular flexibility index (Phi) is 9.77. The molecule has 0 saturated heterocycles. The first-order valence-corrected chi connectivity index (χ1v) is 7.98. The first-order chi connectivity index (χ1) is 11.3. The van der Waals surface area contributed by atoms with Crippen molar-refractivity contribution in [2.75, 3.05) is 13.2 Å². The summed E-state index contributed by atoms with van der Waals surface area (Å²) in [6.07, 6.45) is 1.83. The Morgan fingerprint density at radius 3 is 2.33 bits per heavy atom. The van der Waals surface area contributed by atoms with E-state index in [0.29, 0.717) is 31.9 Å². The van der Waals surface area contributed by atoms with E-state index in [1.807, 2.05) is 30.3 Å². The van der Waals surface area contributed by atoms with Crippen LogP contribution in [0.1, 0.15) is 34.3 Å². The largest absolute Gasteiger partial charge is 0.377 e. The van der Waals surface area contributed by atoms with Crippen LogP contribution in [0.5, 0.6) is 0 Å². The molecule has 0 fully saturated rings. The van der Waals surface area contributed by atoms with E-state index in [1.54, 1.807) is 12.1 Å². The van der Waals surface area contributed by atoms with Gasteiger partial charge in [0.15, 0.2) is 0 Å². The zero-order valence-electron chi connectivity index (χ0n) is 13.7. The minimum atomic E-state index is -0.0428. The van der Waals surface area contributed by atoms with Crippen molar-refractivity contribution in [3.8, 4) is 0 Å². The van der Waals surface area contributed by atoms with Crippen LogP contribution < -0.4 is 11.1 Å². The van der Waals surface area contributed by atoms with Crippen LogP contribution >= 0.6 is 12.4 Å². The van der Waals surface area contributed by atoms with E-state index in [1.165, 1.54) is 5.56 Å². The molecular weight excluding hydrogens is 324 g/mol. The first kappa shape index (κ1) is 20.2. The van der Waals surface area contributed by atoms with Crippen LogP contribution in [0.25, 0.3) is 0 Å². The smallest absolute Gasteiger partial charge is 0.251 e. The van der Waals surface area contributed by atoms with Gasteiger partial charge in [0.05, 0.1) is 6.61 Å². The summed E-state index contributed by atoms with van der Waals surface area (Å²) in [5, 5.41) is 2.92. The lowest BCUT2D eigenvalue weighted by Crippen LogP contribution is -2.24. The topological polar surface area (TPSA) is 64.4 Å². The van der Waals surface area contributed by atoms with Crippen molar-refractivity contribution in [2.24, 2.45) is 5.73 Å². The summed E-state index contributed by atoms with van der Waals surface area (Å²) in [5.41, 5.74) is 8.42. The number of nitrogens with one attached hydrogen (secondary N) is 1. The molecule has 0 aliphatic heterocycles. The van der Waals surface area contributed by atoms with Crippen molar-refractivity contribution in [1.29, 1.82) is 0 Å². The second kappa shape index (κ2) is 11.6. The molecule has 130 valence electrons. The predicted octanol–water partition coefficient (Wildman–Crippen LogP) is 3.29. The molecule has 0 unspecified atom stereocenters. The quantitative estimate of drug-likeness (QED) is 0.683. The number of hydrogen-bond donors (Lipinski definition) is 2. The Labute approximate surface area is 149 Å². The van der Waals surface area contributed by atoms with Gasteiger partial charge >= 0.3 is 0 Å². The summed E-state index contributed by atoms with van der Waals surface area (Å²) in [6, 6.07) is 17.5. The molecule has 0 bridgehead atoms. The molecule has 0 heterocycles. The lowest BCUT2D eigenvalue weighted by molar-refractivity contribution is 0.0946. The second-order valence-electron chi connectivity index (χ2n) is 5.40. The monoisotopic (exact) mass is 348 g/mol. The molecule has 0 spiro atoms. The van der Waals surface area contributed by atoms with Gasteiger partial charge in [-0.2, -0.15) is 0 Å². The van der Waals surface area contributed by atoms with Crippen LogP contribution in [0.4, 0.5) is 0 Å². The third-order valence-corrected chi connectivity index (χ3v) is 3.56. The van der Waals surface area contributed by atoms with Crippen LogP contribution in [0.2, 0.25) is 0 Å². The summed E-state index contributed by atoms with van der Waals surface area (Å²) < 4.78 is 5.61. The molecule has 0 aliphatic carbocycles. The van der Waals surface area contributed by atoms with Crippen LogP contribution in [-0.4, -0.2) is 19.1 Å². The van der Waals surface area contributed by atoms with Crippen molar-refractivity contribution in [3.05, 3.63) is 71.3 Å². The molecule has 2 rings (SSSR count). The number of benzene rings is 2. The van der Waals surface area contributed by atoms with Crippen molar-refractivity contribution >= 4 is 18.3 Å². The first-order valence-electron chi connectivity index (χ1n) is 7.98. The normalized spacial score (nSPS) is 10.0. The van der Waals surface area contributed by atoms with Gasteiger partial charge in [-0.15, -0.1) is 12.4 Å². The molecule has 1 amide bonds. The van der Waals surface area contributed by atoms with E-state index in [2.05, 4.69) is 17.4 Å². The molecule has 4 nitrogen and oxygen atoms in total. The highest BCUT2D eigenvalue weighted by molar-refractivity contribution is 5.94. The molecule has 0 radical (unpaired) electrons. The van der Waals surface area contributed by atoms with Crippen molar-refractivity contribution in [3.63, 3.8) is 0 Å². The SMILES string of the molecule is Cl.NCc1ccc(C(=O)NCCCCOCc2ccccc2)cc1. The number of nitrogens with two attached hydrogens (primary N) is 1. The highest BCUT2D eigenvalue weighted by atomic mass is 35.5. The molecular formula is C19H25ClN2O2. The zero-order chi connectivity index (χ0) is 16.3. The fourth-order valence-corrected chi connectivity index (χ4v) is 2.19. The maximum Gasteiger partial charge on any atom is 0.251 e. The number of unbranched alkanes of at least 4 members (excludes halogenated alkanes) is 1. The van der Waals surface area contributed by atoms with Gasteiger partial charge in [0.2, 0.25) is 0 Å². The van der Waals surface area contributed by atoms with Gasteiger partial charge < -0.3 is 15.8 Å². The average Bonchev–Trinajstić information content (AvgIpc) is 2.61. The molecule has 5 heteroatoms. The fourth-order valence-electron chi connectivity index (χ4n) is 2.19. The minimum absolute atomic E-state index is 0. The van der Waals surface area contributed by atoms with E-state index >= 15 is 0 Å². The molecule has 24 heavy (non-hydrogen) atoms. The number of carbonyl (C=O) groups excluding carboxylic acids is 1. The fraction of sp³-hybridized carbons (Fsp3) is 0.316. The van der Waals surface area contributed by atoms with E-state index in [4.69, 9.17) is 10.5 Å². The van der Waals surface area contributed by atoms with Gasteiger partial charge in [-0.05, 0) is 36.1 Å². The standard InChI is InChI=1S/C19H24N2O2.ClH/c20-14-16-8-10-18(11-9-16)19(22)21-12-4-5-13-23-15-17-6-2-1-3-7-17;/h1-3,6-11H,4-5,12-15,20H2,(H,21,22);1H. The van der Waals surface area contributed by atoms with E-state index < -0.39 is 0 Å². The van der Waals surface area contributed by atoms with Crippen LogP contribution in [-0.2, 0) is 17.9 Å². The van der Waals surface area contributed by atoms with E-state index in [9.17, 15) is 4.79 Å². The number of carbonyl (C=O) groups is 1. The van der Waals surface area contributed by atoms with Crippen LogP contribution in [0.3, 0.4) is 0 Å². The van der Waals surface area contributed by atoms with Crippen LogP contribution in [0.15, 0.2) is 54.6 Å². The molecule has 0 aliphatic rings. The lowest BCUT2D eigenvalue weighted by Gasteiger charge is -2.07. The molecule has 2 aromatic carbocycles. The van der Waals surface area contributed by atoms with Crippen molar-refractivity contribution < 1.29 is 9.53 Å². The zero-order valence-corrected chi connectivity index (χ0v) is 14.6. The summed E-state index contributed by atoms with van der Waals surface area (Å²) in [6.45, 7) is 2.49. The maximum absolute atomic E-state index is 11.9. The third kappa shape index (κ3) is 7.13. The third-order valence-electron chi connectivity index (χ3n) is 3.56. The highest BCUT2D eigenvalue weighted by Gasteiger charge is 2.04. The Hall–Kier alpha value is -1.88. The number of amides is 1. The number of rotatable bonds is 9. The van der Waals surface area contributed by atoms with Gasteiger partial charge in [0.1, 0.15) is 0 Å². The molecule has 2 aromatic rings. The lowest BCUT2D eigenvalue weighted by atomic mass is 10.1. The Bertz CT molecular complexity index is 588. The number of halogens is 1. The maximum atomic E-state index is 11.9. The minimum Gasteiger partial charge on any atom is -0.377 e. The molecule has 0 saturated carbocycles. The van der Waals surface area contributed by atoms with Gasteiger partial charge in [-0.3, -0.25) is 4.79 Å². The van der Waals surface area contributed by atoms with Gasteiger partial charge in [-0.1, -0.05) is 42.5 Å². The van der Waals surface area contributed by atoms with Crippen molar-refractivity contribution in [2.45, 2.75) is 26.0 Å². The average molecular weight is 349 g/mol. The number of ether oxygens (including phenoxy) is 1. The Balaban J connectivity index is 0.00000288. The predicted molar refractivity (Wildman–Crippen MR) is 99.2 cm³/mol. The van der Waals surface area contributed by atoms with Crippen molar-refractivity contribution in [1.82, 2.24) is 5.32 Å². The Morgan fingerprint density at radius 2 is 1.67 bits per heavy atom. The summed E-state index contributed by atoms with van der Waals surface area (Å²) in [7, 11) is 0. The highest BCUT2D eigenvalue weighted by Crippen LogP contribution is 2.04. The van der Waals surface area contributed by atoms with Gasteiger partial charge in [0, 0.05) is 25.3 Å². The second-order valence-corrected chi connectivity index (χ2v) is 5.40. The van der Waals surface area contributed by atoms with E-state index in [0.717, 1.165) is 18.4 Å². The van der Waals surface area contributed by atoms with Gasteiger partial charge in [-0.25, -0.2) is 0 Å². The molecule has 0 atom stereocenters. The summed E-state index contributed by atoms with van der Waals surface area (Å²) in [5.74, 6) is -0.0428. The molecule has 3 N–H and O–H groups in total. The van der Waals surface area contributed by atoms with Crippen LogP contribution in [0, 0.1) is 0 Å². The van der Waals surface area contributed by atoms with Gasteiger partial charge in [0.25, 0.3) is 5.91 Å². The molecule has 0 aromatic heterocycles. The summed E-state index contributed by atoms with van der Waals surface area (Å²) >= 11 is 0.